The van der Waals surface area contributed by atoms with E-state index < -0.39 is 6.29 Å². The molecule has 0 aromatic heterocycles. The maximum absolute atomic E-state index is 12.9. The molecule has 0 radical (unpaired) electrons. The van der Waals surface area contributed by atoms with Crippen molar-refractivity contribution in [2.75, 3.05) is 46.6 Å². The molecule has 1 heterocycles. The third-order valence-electron chi connectivity index (χ3n) is 9.43. The average molecular weight is 670 g/mol. The predicted molar refractivity (Wildman–Crippen MR) is 191 cm³/mol. The van der Waals surface area contributed by atoms with Crippen molar-refractivity contribution in [1.29, 1.82) is 0 Å². The number of carbonyl (C=O) groups excluding carboxylic acids is 2. The molecule has 8 nitrogen and oxygen atoms in total. The lowest BCUT2D eigenvalue weighted by molar-refractivity contribution is -0.177. The van der Waals surface area contributed by atoms with Gasteiger partial charge in [0, 0.05) is 26.6 Å². The molecule has 1 saturated heterocycles. The van der Waals surface area contributed by atoms with Crippen molar-refractivity contribution in [2.45, 2.75) is 187 Å². The second kappa shape index (κ2) is 32.0. The number of hydrogen-bond donors (Lipinski definition) is 1. The minimum atomic E-state index is -0.415. The highest BCUT2D eigenvalue weighted by molar-refractivity contribution is 5.72. The minimum Gasteiger partial charge on any atom is -0.465 e. The highest BCUT2D eigenvalue weighted by Gasteiger charge is 2.27. The lowest BCUT2D eigenvalue weighted by Gasteiger charge is -2.22. The smallest absolute Gasteiger partial charge is 0.308 e. The molecule has 3 atom stereocenters. The highest BCUT2D eigenvalue weighted by Crippen LogP contribution is 2.22. The number of ether oxygens (including phenoxy) is 4. The van der Waals surface area contributed by atoms with Crippen molar-refractivity contribution in [2.24, 2.45) is 5.92 Å². The molecule has 1 N–H and O–H groups in total. The van der Waals surface area contributed by atoms with Crippen molar-refractivity contribution in [1.82, 2.24) is 4.90 Å². The zero-order chi connectivity index (χ0) is 34.2. The van der Waals surface area contributed by atoms with E-state index in [1.807, 2.05) is 0 Å². The van der Waals surface area contributed by atoms with Gasteiger partial charge in [-0.25, -0.2) is 0 Å². The Morgan fingerprint density at radius 3 is 1.91 bits per heavy atom. The van der Waals surface area contributed by atoms with Crippen LogP contribution in [0.3, 0.4) is 0 Å². The van der Waals surface area contributed by atoms with Gasteiger partial charge in [0.2, 0.25) is 6.29 Å². The molecular weight excluding hydrogens is 594 g/mol. The Balaban J connectivity index is 2.20. The van der Waals surface area contributed by atoms with Crippen LogP contribution in [0.15, 0.2) is 0 Å². The van der Waals surface area contributed by atoms with Crippen molar-refractivity contribution in [3.8, 4) is 0 Å². The van der Waals surface area contributed by atoms with Gasteiger partial charge in [0.1, 0.15) is 0 Å². The van der Waals surface area contributed by atoms with Gasteiger partial charge in [-0.3, -0.25) is 9.59 Å². The number of nitrogens with zero attached hydrogens (tertiary/aromatic N) is 1. The second-order valence-corrected chi connectivity index (χ2v) is 13.8. The van der Waals surface area contributed by atoms with E-state index in [0.717, 1.165) is 122 Å². The fraction of sp³-hybridized carbons (Fsp3) is 0.949. The summed E-state index contributed by atoms with van der Waals surface area (Å²) in [7, 11) is 1.66. The summed E-state index contributed by atoms with van der Waals surface area (Å²) in [6.07, 6.45) is 26.3. The molecule has 0 bridgehead atoms. The molecule has 3 unspecified atom stereocenters. The van der Waals surface area contributed by atoms with Crippen LogP contribution >= 0.6 is 0 Å². The van der Waals surface area contributed by atoms with E-state index >= 15 is 0 Å². The molecule has 278 valence electrons. The summed E-state index contributed by atoms with van der Waals surface area (Å²) in [5.74, 6) is -0.0370. The second-order valence-electron chi connectivity index (χ2n) is 13.8. The number of hydrogen-bond acceptors (Lipinski definition) is 8. The van der Waals surface area contributed by atoms with E-state index in [-0.39, 0.29) is 30.6 Å². The molecule has 47 heavy (non-hydrogen) atoms. The van der Waals surface area contributed by atoms with Gasteiger partial charge >= 0.3 is 11.9 Å². The monoisotopic (exact) mass is 670 g/mol. The maximum Gasteiger partial charge on any atom is 0.308 e. The predicted octanol–water partition coefficient (Wildman–Crippen LogP) is 9.15. The Morgan fingerprint density at radius 2 is 1.28 bits per heavy atom. The van der Waals surface area contributed by atoms with Crippen LogP contribution in [0.5, 0.6) is 0 Å². The lowest BCUT2D eigenvalue weighted by Crippen LogP contribution is -2.27. The molecule has 1 fully saturated rings. The molecule has 0 amide bonds. The molecule has 1 aliphatic heterocycles. The van der Waals surface area contributed by atoms with Crippen LogP contribution < -0.4 is 0 Å². The van der Waals surface area contributed by atoms with Crippen LogP contribution in [0.2, 0.25) is 0 Å². The van der Waals surface area contributed by atoms with Crippen LogP contribution in [-0.2, 0) is 28.5 Å². The minimum absolute atomic E-state index is 0.0324. The van der Waals surface area contributed by atoms with Crippen LogP contribution in [0.1, 0.15) is 174 Å². The van der Waals surface area contributed by atoms with Gasteiger partial charge in [0.15, 0.2) is 0 Å². The van der Waals surface area contributed by atoms with Crippen molar-refractivity contribution < 1.29 is 33.6 Å². The molecule has 8 heteroatoms. The van der Waals surface area contributed by atoms with E-state index in [0.29, 0.717) is 19.6 Å². The number of rotatable bonds is 34. The number of carbonyl (C=O) groups is 2. The molecule has 0 spiro atoms. The van der Waals surface area contributed by atoms with Crippen molar-refractivity contribution in [3.05, 3.63) is 0 Å². The summed E-state index contributed by atoms with van der Waals surface area (Å²) in [5, 5.41) is 9.23. The summed E-state index contributed by atoms with van der Waals surface area (Å²) in [6, 6.07) is 0. The molecule has 0 aliphatic carbocycles. The summed E-state index contributed by atoms with van der Waals surface area (Å²) >= 11 is 0. The Bertz CT molecular complexity index is 721. The average Bonchev–Trinajstić information content (AvgIpc) is 3.50. The molecule has 0 saturated carbocycles. The van der Waals surface area contributed by atoms with Crippen molar-refractivity contribution in [3.63, 3.8) is 0 Å². The summed E-state index contributed by atoms with van der Waals surface area (Å²) in [4.78, 5) is 27.6. The fourth-order valence-electron chi connectivity index (χ4n) is 6.46. The standard InChI is InChI=1S/C39H75NO7/c1-4-6-8-10-11-17-25-35(24-16-9-7-5-2)39(43)45-33-23-15-14-20-30-40(31-21-22-32-41)29-19-13-12-18-26-37(42)47-38-28-27-36(46-38)34-44-3/h35-36,38,41H,4-34H2,1-3H3. The number of methoxy groups -OCH3 is 1. The first-order valence-corrected chi connectivity index (χ1v) is 19.9. The van der Waals surface area contributed by atoms with Gasteiger partial charge in [-0.05, 0) is 77.4 Å². The Hall–Kier alpha value is -1.22. The Kier molecular flexibility index (Phi) is 29.8. The Morgan fingerprint density at radius 1 is 0.723 bits per heavy atom. The van der Waals surface area contributed by atoms with Gasteiger partial charge < -0.3 is 29.0 Å². The van der Waals surface area contributed by atoms with Gasteiger partial charge in [-0.15, -0.1) is 0 Å². The molecule has 0 aromatic carbocycles. The highest BCUT2D eigenvalue weighted by atomic mass is 16.7. The quantitative estimate of drug-likeness (QED) is 0.0536. The number of esters is 2. The van der Waals surface area contributed by atoms with E-state index in [1.165, 1.54) is 51.4 Å². The van der Waals surface area contributed by atoms with Gasteiger partial charge in [-0.2, -0.15) is 0 Å². The normalized spacial score (nSPS) is 17.0. The largest absolute Gasteiger partial charge is 0.465 e. The third-order valence-corrected chi connectivity index (χ3v) is 9.43. The van der Waals surface area contributed by atoms with E-state index in [1.54, 1.807) is 7.11 Å². The fourth-order valence-corrected chi connectivity index (χ4v) is 6.46. The van der Waals surface area contributed by atoms with Crippen LogP contribution in [-0.4, -0.2) is 80.9 Å². The van der Waals surface area contributed by atoms with Crippen molar-refractivity contribution >= 4 is 11.9 Å². The van der Waals surface area contributed by atoms with Crippen LogP contribution in [0.4, 0.5) is 0 Å². The summed E-state index contributed by atoms with van der Waals surface area (Å²) in [5.41, 5.74) is 0. The number of aliphatic hydroxyl groups excluding tert-OH is 1. The zero-order valence-corrected chi connectivity index (χ0v) is 31.0. The summed E-state index contributed by atoms with van der Waals surface area (Å²) < 4.78 is 22.1. The van der Waals surface area contributed by atoms with Crippen LogP contribution in [0.25, 0.3) is 0 Å². The SMILES string of the molecule is CCCCCCCCC(CCCCCC)C(=O)OCCCCCCN(CCCCO)CCCCCCC(=O)OC1CCC(COC)O1. The van der Waals surface area contributed by atoms with Crippen LogP contribution in [0, 0.1) is 5.92 Å². The first-order valence-electron chi connectivity index (χ1n) is 19.9. The summed E-state index contributed by atoms with van der Waals surface area (Å²) in [6.45, 7) is 8.98. The topological polar surface area (TPSA) is 94.5 Å². The number of aliphatic hydroxyl groups is 1. The zero-order valence-electron chi connectivity index (χ0n) is 31.0. The van der Waals surface area contributed by atoms with Gasteiger partial charge in [0.25, 0.3) is 0 Å². The molecule has 1 rings (SSSR count). The molecular formula is C39H75NO7. The van der Waals surface area contributed by atoms with E-state index in [2.05, 4.69) is 18.7 Å². The Labute approximate surface area is 289 Å². The number of unbranched alkanes of at least 4 members (excludes halogenated alkanes) is 15. The first kappa shape index (κ1) is 43.8. The first-order chi connectivity index (χ1) is 23.0. The third kappa shape index (κ3) is 25.4. The van der Waals surface area contributed by atoms with Gasteiger partial charge in [-0.1, -0.05) is 104 Å². The van der Waals surface area contributed by atoms with E-state index in [9.17, 15) is 14.7 Å². The van der Waals surface area contributed by atoms with Gasteiger partial charge in [0.05, 0.1) is 25.2 Å². The molecule has 0 aromatic rings. The van der Waals surface area contributed by atoms with E-state index in [4.69, 9.17) is 18.9 Å². The lowest BCUT2D eigenvalue weighted by atomic mass is 9.94. The maximum atomic E-state index is 12.9. The molecule has 1 aliphatic rings.